The molecule has 2 N–H and O–H groups in total. The van der Waals surface area contributed by atoms with Crippen LogP contribution in [-0.4, -0.2) is 33.5 Å². The van der Waals surface area contributed by atoms with Gasteiger partial charge in [-0.15, -0.1) is 0 Å². The molecule has 1 aliphatic heterocycles. The highest BCUT2D eigenvalue weighted by atomic mass is 16.6. The Morgan fingerprint density at radius 2 is 1.71 bits per heavy atom. The van der Waals surface area contributed by atoms with Gasteiger partial charge in [-0.3, -0.25) is 4.79 Å². The number of aliphatic hydroxyl groups is 2. The van der Waals surface area contributed by atoms with Crippen LogP contribution in [0.4, 0.5) is 0 Å². The Labute approximate surface area is 167 Å². The Hall–Kier alpha value is -0.610. The number of esters is 1. The number of hydrogen-bond donors (Lipinski definition) is 2. The van der Waals surface area contributed by atoms with Crippen molar-refractivity contribution in [1.82, 2.24) is 0 Å². The van der Waals surface area contributed by atoms with Crippen LogP contribution in [0.3, 0.4) is 0 Å². The van der Waals surface area contributed by atoms with E-state index in [9.17, 15) is 15.0 Å². The van der Waals surface area contributed by atoms with Gasteiger partial charge in [-0.2, -0.15) is 0 Å². The number of aliphatic hydroxyl groups excluding tert-OH is 1. The zero-order valence-electron chi connectivity index (χ0n) is 17.2. The SMILES string of the molecule is CC12CCC(O)CC1(O)C1CC1C1C2CCC2(C)C1C1CC1[C@@]21CCC(=O)O1. The Kier molecular flexibility index (Phi) is 2.85. The van der Waals surface area contributed by atoms with Crippen molar-refractivity contribution < 1.29 is 19.7 Å². The number of rotatable bonds is 0. The van der Waals surface area contributed by atoms with E-state index >= 15 is 0 Å². The lowest BCUT2D eigenvalue weighted by Crippen LogP contribution is -2.65. The van der Waals surface area contributed by atoms with Crippen LogP contribution in [-0.2, 0) is 9.53 Å². The maximum absolute atomic E-state index is 12.2. The minimum atomic E-state index is -0.663. The molecule has 154 valence electrons. The monoisotopic (exact) mass is 386 g/mol. The molecule has 6 aliphatic carbocycles. The van der Waals surface area contributed by atoms with Gasteiger partial charge in [0.25, 0.3) is 0 Å². The van der Waals surface area contributed by atoms with Crippen LogP contribution in [0.15, 0.2) is 0 Å². The summed E-state index contributed by atoms with van der Waals surface area (Å²) in [6.45, 7) is 4.82. The third-order valence-corrected chi connectivity index (χ3v) is 11.8. The molecule has 6 saturated carbocycles. The van der Waals surface area contributed by atoms with Crippen molar-refractivity contribution >= 4 is 5.97 Å². The van der Waals surface area contributed by atoms with Gasteiger partial charge in [0, 0.05) is 24.2 Å². The molecule has 4 heteroatoms. The van der Waals surface area contributed by atoms with E-state index in [0.717, 1.165) is 44.4 Å². The lowest BCUT2D eigenvalue weighted by atomic mass is 9.42. The maximum Gasteiger partial charge on any atom is 0.306 e. The molecule has 1 heterocycles. The summed E-state index contributed by atoms with van der Waals surface area (Å²) in [5.41, 5.74) is -0.751. The summed E-state index contributed by atoms with van der Waals surface area (Å²) in [6, 6.07) is 0. The van der Waals surface area contributed by atoms with Crippen LogP contribution in [0.25, 0.3) is 0 Å². The van der Waals surface area contributed by atoms with Crippen LogP contribution < -0.4 is 0 Å². The topological polar surface area (TPSA) is 66.8 Å². The summed E-state index contributed by atoms with van der Waals surface area (Å²) >= 11 is 0. The van der Waals surface area contributed by atoms with Crippen molar-refractivity contribution in [3.8, 4) is 0 Å². The average Bonchev–Trinajstić information content (AvgIpc) is 3.54. The van der Waals surface area contributed by atoms with E-state index < -0.39 is 5.60 Å². The molecule has 1 saturated heterocycles. The van der Waals surface area contributed by atoms with E-state index in [-0.39, 0.29) is 28.5 Å². The molecule has 28 heavy (non-hydrogen) atoms. The van der Waals surface area contributed by atoms with Crippen molar-refractivity contribution in [2.45, 2.75) is 88.9 Å². The van der Waals surface area contributed by atoms with Crippen LogP contribution in [0, 0.1) is 52.3 Å². The number of ether oxygens (including phenoxy) is 1. The van der Waals surface area contributed by atoms with Gasteiger partial charge in [0.15, 0.2) is 0 Å². The number of hydrogen-bond acceptors (Lipinski definition) is 4. The molecular weight excluding hydrogens is 352 g/mol. The Balaban J connectivity index is 1.32. The summed E-state index contributed by atoms with van der Waals surface area (Å²) in [5, 5.41) is 22.2. The second kappa shape index (κ2) is 4.66. The molecule has 11 unspecified atom stereocenters. The van der Waals surface area contributed by atoms with Crippen molar-refractivity contribution in [3.63, 3.8) is 0 Å². The first-order valence-electron chi connectivity index (χ1n) is 11.9. The summed E-state index contributed by atoms with van der Waals surface area (Å²) in [4.78, 5) is 12.2. The molecule has 7 fully saturated rings. The molecule has 0 aromatic heterocycles. The quantitative estimate of drug-likeness (QED) is 0.627. The minimum Gasteiger partial charge on any atom is -0.458 e. The highest BCUT2D eigenvalue weighted by Crippen LogP contribution is 2.83. The first-order valence-corrected chi connectivity index (χ1v) is 11.9. The van der Waals surface area contributed by atoms with E-state index in [1.165, 1.54) is 6.42 Å². The van der Waals surface area contributed by atoms with Gasteiger partial charge in [-0.1, -0.05) is 13.8 Å². The summed E-state index contributed by atoms with van der Waals surface area (Å²) < 4.78 is 6.21. The first kappa shape index (κ1) is 17.1. The highest BCUT2D eigenvalue weighted by Gasteiger charge is 2.82. The van der Waals surface area contributed by atoms with E-state index in [4.69, 9.17) is 4.74 Å². The van der Waals surface area contributed by atoms with E-state index in [2.05, 4.69) is 13.8 Å². The fourth-order valence-electron chi connectivity index (χ4n) is 10.5. The van der Waals surface area contributed by atoms with Crippen LogP contribution in [0.2, 0.25) is 0 Å². The van der Waals surface area contributed by atoms with Gasteiger partial charge in [0.1, 0.15) is 5.60 Å². The minimum absolute atomic E-state index is 0.0326. The number of carbonyl (C=O) groups excluding carboxylic acids is 1. The predicted octanol–water partition coefficient (Wildman–Crippen LogP) is 3.29. The summed E-state index contributed by atoms with van der Waals surface area (Å²) in [6.07, 6.45) is 8.33. The standard InChI is InChI=1S/C24H34O4/c1-21-6-3-12(25)11-23(21,27)16-9-13(16)19-15(21)4-7-22(2)20(19)14-10-17(14)24(22)8-5-18(26)28-24/h12-17,19-20,25,27H,3-11H2,1-2H3/t12?,13?,14?,15?,16?,17?,19?,20?,21?,22?,23?,24-/m0/s1. The largest absolute Gasteiger partial charge is 0.458 e. The Bertz CT molecular complexity index is 781. The van der Waals surface area contributed by atoms with Gasteiger partial charge in [-0.05, 0) is 85.9 Å². The molecule has 12 atom stereocenters. The van der Waals surface area contributed by atoms with Gasteiger partial charge >= 0.3 is 5.97 Å². The third kappa shape index (κ3) is 1.59. The molecule has 1 spiro atoms. The van der Waals surface area contributed by atoms with Crippen molar-refractivity contribution in [1.29, 1.82) is 0 Å². The molecule has 0 amide bonds. The molecular formula is C24H34O4. The zero-order valence-corrected chi connectivity index (χ0v) is 17.2. The van der Waals surface area contributed by atoms with Crippen molar-refractivity contribution in [2.24, 2.45) is 52.3 Å². The molecule has 0 aromatic carbocycles. The van der Waals surface area contributed by atoms with E-state index in [1.807, 2.05) is 0 Å². The Morgan fingerprint density at radius 1 is 0.964 bits per heavy atom. The lowest BCUT2D eigenvalue weighted by Gasteiger charge is -2.64. The zero-order chi connectivity index (χ0) is 19.3. The van der Waals surface area contributed by atoms with Crippen molar-refractivity contribution in [3.05, 3.63) is 0 Å². The van der Waals surface area contributed by atoms with Crippen LogP contribution in [0.5, 0.6) is 0 Å². The van der Waals surface area contributed by atoms with Crippen LogP contribution in [0.1, 0.15) is 71.6 Å². The van der Waals surface area contributed by atoms with Gasteiger partial charge in [0.05, 0.1) is 11.7 Å². The molecule has 0 aromatic rings. The second-order valence-corrected chi connectivity index (χ2v) is 12.3. The highest BCUT2D eigenvalue weighted by molar-refractivity contribution is 5.73. The third-order valence-electron chi connectivity index (χ3n) is 11.8. The van der Waals surface area contributed by atoms with E-state index in [0.29, 0.717) is 48.3 Å². The fourth-order valence-corrected chi connectivity index (χ4v) is 10.5. The molecule has 0 radical (unpaired) electrons. The van der Waals surface area contributed by atoms with Crippen LogP contribution >= 0.6 is 0 Å². The molecule has 0 bridgehead atoms. The van der Waals surface area contributed by atoms with Crippen molar-refractivity contribution in [2.75, 3.05) is 0 Å². The normalized spacial score (nSPS) is 68.4. The first-order chi connectivity index (χ1) is 13.3. The summed E-state index contributed by atoms with van der Waals surface area (Å²) in [5.74, 6) is 4.33. The second-order valence-electron chi connectivity index (χ2n) is 12.3. The Morgan fingerprint density at radius 3 is 2.46 bits per heavy atom. The summed E-state index contributed by atoms with van der Waals surface area (Å²) in [7, 11) is 0. The number of carbonyl (C=O) groups is 1. The fraction of sp³-hybridized carbons (Fsp3) is 0.958. The molecule has 7 rings (SSSR count). The maximum atomic E-state index is 12.2. The van der Waals surface area contributed by atoms with Gasteiger partial charge in [0.2, 0.25) is 0 Å². The smallest absolute Gasteiger partial charge is 0.306 e. The molecule has 4 nitrogen and oxygen atoms in total. The van der Waals surface area contributed by atoms with Gasteiger partial charge < -0.3 is 14.9 Å². The average molecular weight is 387 g/mol. The molecule has 7 aliphatic rings. The van der Waals surface area contributed by atoms with E-state index in [1.54, 1.807) is 0 Å². The lowest BCUT2D eigenvalue weighted by molar-refractivity contribution is -0.237. The number of fused-ring (bicyclic) bond motifs is 12. The predicted molar refractivity (Wildman–Crippen MR) is 102 cm³/mol. The van der Waals surface area contributed by atoms with Gasteiger partial charge in [-0.25, -0.2) is 0 Å².